The molecule has 0 saturated heterocycles. The molecule has 0 radical (unpaired) electrons. The Kier molecular flexibility index (Phi) is 4.58. The summed E-state index contributed by atoms with van der Waals surface area (Å²) in [4.78, 5) is 4.31. The first kappa shape index (κ1) is 14.3. The molecule has 1 heterocycles. The van der Waals surface area contributed by atoms with Crippen molar-refractivity contribution in [2.45, 2.75) is 19.4 Å². The Labute approximate surface area is 119 Å². The van der Waals surface area contributed by atoms with E-state index in [0.29, 0.717) is 22.8 Å². The maximum Gasteiger partial charge on any atom is 0.125 e. The topological polar surface area (TPSA) is 51.6 Å². The van der Waals surface area contributed by atoms with Crippen molar-refractivity contribution in [1.82, 2.24) is 4.98 Å². The van der Waals surface area contributed by atoms with Crippen LogP contribution < -0.4 is 9.47 Å². The zero-order valence-electron chi connectivity index (χ0n) is 12.0. The lowest BCUT2D eigenvalue weighted by atomic mass is 9.99. The molecule has 1 aromatic heterocycles. The molecule has 0 bridgehead atoms. The van der Waals surface area contributed by atoms with Crippen LogP contribution in [0.15, 0.2) is 36.5 Å². The summed E-state index contributed by atoms with van der Waals surface area (Å²) in [6.07, 6.45) is 1.66. The predicted octanol–water partition coefficient (Wildman–Crippen LogP) is 2.74. The normalized spacial score (nSPS) is 12.0. The number of aliphatic hydroxyl groups is 1. The number of hydrogen-bond donors (Lipinski definition) is 1. The first-order chi connectivity index (χ1) is 9.71. The van der Waals surface area contributed by atoms with Gasteiger partial charge in [-0.05, 0) is 36.2 Å². The van der Waals surface area contributed by atoms with Gasteiger partial charge in [0.15, 0.2) is 0 Å². The van der Waals surface area contributed by atoms with Crippen molar-refractivity contribution in [1.29, 1.82) is 0 Å². The largest absolute Gasteiger partial charge is 0.497 e. The summed E-state index contributed by atoms with van der Waals surface area (Å²) < 4.78 is 10.5. The van der Waals surface area contributed by atoms with E-state index in [-0.39, 0.29) is 0 Å². The van der Waals surface area contributed by atoms with E-state index in [1.165, 1.54) is 0 Å². The van der Waals surface area contributed by atoms with Gasteiger partial charge in [0, 0.05) is 11.8 Å². The molecule has 106 valence electrons. The Hall–Kier alpha value is -2.07. The number of rotatable bonds is 5. The number of ether oxygens (including phenoxy) is 2. The number of aryl methyl sites for hydroxylation is 1. The summed E-state index contributed by atoms with van der Waals surface area (Å²) in [7, 11) is 3.17. The van der Waals surface area contributed by atoms with E-state index in [9.17, 15) is 5.11 Å². The highest BCUT2D eigenvalue weighted by atomic mass is 16.5. The molecular formula is C16H19NO3. The first-order valence-electron chi connectivity index (χ1n) is 6.55. The van der Waals surface area contributed by atoms with Crippen LogP contribution in [-0.2, 0) is 6.42 Å². The zero-order valence-corrected chi connectivity index (χ0v) is 12.0. The second-order valence-corrected chi connectivity index (χ2v) is 4.41. The zero-order chi connectivity index (χ0) is 14.5. The maximum absolute atomic E-state index is 10.6. The van der Waals surface area contributed by atoms with Crippen LogP contribution in [0.4, 0.5) is 0 Å². The molecule has 2 rings (SSSR count). The van der Waals surface area contributed by atoms with Crippen molar-refractivity contribution in [3.05, 3.63) is 53.3 Å². The molecule has 0 saturated carbocycles. The van der Waals surface area contributed by atoms with Crippen molar-refractivity contribution < 1.29 is 14.6 Å². The van der Waals surface area contributed by atoms with Crippen LogP contribution in [0, 0.1) is 0 Å². The summed E-state index contributed by atoms with van der Waals surface area (Å²) in [5, 5.41) is 10.6. The highest BCUT2D eigenvalue weighted by molar-refractivity contribution is 5.45. The summed E-state index contributed by atoms with van der Waals surface area (Å²) in [6, 6.07) is 9.20. The van der Waals surface area contributed by atoms with Gasteiger partial charge in [-0.1, -0.05) is 13.0 Å². The molecule has 1 unspecified atom stereocenters. The molecule has 0 aliphatic rings. The number of pyridine rings is 1. The first-order valence-corrected chi connectivity index (χ1v) is 6.55. The van der Waals surface area contributed by atoms with E-state index in [0.717, 1.165) is 12.0 Å². The van der Waals surface area contributed by atoms with Gasteiger partial charge in [-0.2, -0.15) is 0 Å². The van der Waals surface area contributed by atoms with Crippen LogP contribution in [0.5, 0.6) is 11.5 Å². The third kappa shape index (κ3) is 2.75. The molecule has 1 aromatic carbocycles. The Morgan fingerprint density at radius 1 is 1.20 bits per heavy atom. The third-order valence-corrected chi connectivity index (χ3v) is 3.30. The second-order valence-electron chi connectivity index (χ2n) is 4.41. The van der Waals surface area contributed by atoms with Crippen LogP contribution in [0.25, 0.3) is 0 Å². The minimum Gasteiger partial charge on any atom is -0.497 e. The lowest BCUT2D eigenvalue weighted by molar-refractivity contribution is 0.208. The number of aromatic nitrogens is 1. The lowest BCUT2D eigenvalue weighted by Crippen LogP contribution is -2.08. The number of hydrogen-bond acceptors (Lipinski definition) is 4. The minimum atomic E-state index is -0.837. The van der Waals surface area contributed by atoms with Gasteiger partial charge in [-0.25, -0.2) is 0 Å². The molecule has 0 fully saturated rings. The monoisotopic (exact) mass is 273 g/mol. The van der Waals surface area contributed by atoms with Gasteiger partial charge in [-0.3, -0.25) is 4.98 Å². The van der Waals surface area contributed by atoms with Crippen LogP contribution >= 0.6 is 0 Å². The Bertz CT molecular complexity index is 584. The molecule has 1 atom stereocenters. The highest BCUT2D eigenvalue weighted by Gasteiger charge is 2.20. The third-order valence-electron chi connectivity index (χ3n) is 3.30. The summed E-state index contributed by atoms with van der Waals surface area (Å²) in [5.74, 6) is 1.29. The molecule has 0 aliphatic carbocycles. The van der Waals surface area contributed by atoms with Crippen molar-refractivity contribution in [2.75, 3.05) is 14.2 Å². The number of methoxy groups -OCH3 is 2. The fourth-order valence-corrected chi connectivity index (χ4v) is 2.20. The van der Waals surface area contributed by atoms with E-state index in [2.05, 4.69) is 4.98 Å². The van der Waals surface area contributed by atoms with Crippen LogP contribution in [0.2, 0.25) is 0 Å². The lowest BCUT2D eigenvalue weighted by Gasteiger charge is -2.17. The average Bonchev–Trinajstić information content (AvgIpc) is 2.53. The molecule has 1 N–H and O–H groups in total. The molecule has 20 heavy (non-hydrogen) atoms. The summed E-state index contributed by atoms with van der Waals surface area (Å²) >= 11 is 0. The molecular weight excluding hydrogens is 254 g/mol. The molecule has 0 spiro atoms. The van der Waals surface area contributed by atoms with Crippen LogP contribution in [0.1, 0.15) is 29.8 Å². The minimum absolute atomic E-state index is 0.617. The SMILES string of the molecule is CCc1cccnc1C(O)c1cc(OC)ccc1OC. The Morgan fingerprint density at radius 3 is 2.65 bits per heavy atom. The van der Waals surface area contributed by atoms with Crippen LogP contribution in [0.3, 0.4) is 0 Å². The van der Waals surface area contributed by atoms with Gasteiger partial charge in [0.25, 0.3) is 0 Å². The van der Waals surface area contributed by atoms with E-state index >= 15 is 0 Å². The second kappa shape index (κ2) is 6.39. The van der Waals surface area contributed by atoms with Gasteiger partial charge in [0.05, 0.1) is 19.9 Å². The smallest absolute Gasteiger partial charge is 0.125 e. The molecule has 0 amide bonds. The van der Waals surface area contributed by atoms with Gasteiger partial charge >= 0.3 is 0 Å². The van der Waals surface area contributed by atoms with Crippen LogP contribution in [-0.4, -0.2) is 24.3 Å². The molecule has 4 heteroatoms. The van der Waals surface area contributed by atoms with Gasteiger partial charge in [0.2, 0.25) is 0 Å². The summed E-state index contributed by atoms with van der Waals surface area (Å²) in [6.45, 7) is 2.04. The van der Waals surface area contributed by atoms with E-state index in [1.54, 1.807) is 38.6 Å². The number of nitrogens with zero attached hydrogens (tertiary/aromatic N) is 1. The number of aliphatic hydroxyl groups excluding tert-OH is 1. The number of benzene rings is 1. The standard InChI is InChI=1S/C16H19NO3/c1-4-11-6-5-9-17-15(11)16(18)13-10-12(19-2)7-8-14(13)20-3/h5-10,16,18H,4H2,1-3H3. The Balaban J connectivity index is 2.49. The van der Waals surface area contributed by atoms with Gasteiger partial charge in [0.1, 0.15) is 17.6 Å². The fourth-order valence-electron chi connectivity index (χ4n) is 2.20. The van der Waals surface area contributed by atoms with E-state index < -0.39 is 6.10 Å². The van der Waals surface area contributed by atoms with E-state index in [1.807, 2.05) is 19.1 Å². The van der Waals surface area contributed by atoms with Gasteiger partial charge in [-0.15, -0.1) is 0 Å². The maximum atomic E-state index is 10.6. The average molecular weight is 273 g/mol. The molecule has 0 aliphatic heterocycles. The summed E-state index contributed by atoms with van der Waals surface area (Å²) in [5.41, 5.74) is 2.33. The molecule has 4 nitrogen and oxygen atoms in total. The van der Waals surface area contributed by atoms with E-state index in [4.69, 9.17) is 9.47 Å². The van der Waals surface area contributed by atoms with Crippen molar-refractivity contribution >= 4 is 0 Å². The highest BCUT2D eigenvalue weighted by Crippen LogP contribution is 2.33. The van der Waals surface area contributed by atoms with Crippen molar-refractivity contribution in [2.24, 2.45) is 0 Å². The quantitative estimate of drug-likeness (QED) is 0.910. The van der Waals surface area contributed by atoms with Gasteiger partial charge < -0.3 is 14.6 Å². The molecule has 2 aromatic rings. The fraction of sp³-hybridized carbons (Fsp3) is 0.312. The Morgan fingerprint density at radius 2 is 2.00 bits per heavy atom. The van der Waals surface area contributed by atoms with Crippen molar-refractivity contribution in [3.63, 3.8) is 0 Å². The van der Waals surface area contributed by atoms with Crippen molar-refractivity contribution in [3.8, 4) is 11.5 Å². The predicted molar refractivity (Wildman–Crippen MR) is 77.2 cm³/mol.